The number of aromatic hydroxyl groups is 1. The molecule has 0 saturated carbocycles. The lowest BCUT2D eigenvalue weighted by Crippen LogP contribution is -2.47. The molecule has 0 aromatic heterocycles. The first-order valence-corrected chi connectivity index (χ1v) is 14.2. The van der Waals surface area contributed by atoms with Crippen LogP contribution in [0.15, 0.2) is 36.4 Å². The number of carbonyl (C=O) groups is 1. The summed E-state index contributed by atoms with van der Waals surface area (Å²) in [7, 11) is -2.14. The molecule has 0 aliphatic heterocycles. The Balaban J connectivity index is 0.00000133. The molecule has 34 heavy (non-hydrogen) atoms. The molecule has 0 unspecified atom stereocenters. The predicted molar refractivity (Wildman–Crippen MR) is 133 cm³/mol. The predicted octanol–water partition coefficient (Wildman–Crippen LogP) is 6.63. The molecule has 0 radical (unpaired) electrons. The number of carboxylic acid groups (broad SMARTS) is 1. The van der Waals surface area contributed by atoms with Crippen LogP contribution in [0.1, 0.15) is 65.2 Å². The van der Waals surface area contributed by atoms with E-state index in [0.717, 1.165) is 35.4 Å². The Morgan fingerprint density at radius 1 is 0.912 bits per heavy atom. The summed E-state index contributed by atoms with van der Waals surface area (Å²) in [4.78, 5) is 9.00. The van der Waals surface area contributed by atoms with E-state index in [4.69, 9.17) is 14.6 Å². The first kappa shape index (κ1) is 29.5. The van der Waals surface area contributed by atoms with Gasteiger partial charge in [-0.05, 0) is 23.0 Å². The Bertz CT molecular complexity index is 944. The molecule has 2 N–H and O–H groups in total. The van der Waals surface area contributed by atoms with Crippen LogP contribution in [0.5, 0.6) is 11.5 Å². The lowest BCUT2D eigenvalue weighted by atomic mass is 9.79. The van der Waals surface area contributed by atoms with E-state index >= 15 is 0 Å². The van der Waals surface area contributed by atoms with Gasteiger partial charge in [-0.2, -0.15) is 13.2 Å². The number of carboxylic acids is 1. The number of halogens is 3. The molecule has 0 amide bonds. The highest BCUT2D eigenvalue weighted by molar-refractivity contribution is 6.89. The van der Waals surface area contributed by atoms with Gasteiger partial charge in [0.1, 0.15) is 19.6 Å². The molecular weight excluding hydrogens is 461 g/mol. The number of ether oxygens (including phenoxy) is 1. The fourth-order valence-electron chi connectivity index (χ4n) is 3.29. The molecule has 2 aromatic carbocycles. The SMILES string of the molecule is CC(=O)O.CC(C)(C)c1cc(OC[Si](C)(C)c2ccc(C(F)(F)F)cc2)cc(C(C)(C)C)c1O. The molecule has 4 nitrogen and oxygen atoms in total. The normalized spacial score (nSPS) is 12.6. The largest absolute Gasteiger partial charge is 0.507 e. The molecule has 0 spiro atoms. The standard InChI is InChI=1S/C24H33F3O2Si.C2H4O2/c1-22(2,3)19-13-17(14-20(21(19)28)23(4,5)6)29-15-30(7,8)18-11-9-16(10-12-18)24(25,26)27;1-2(3)4/h9-14,28H,15H2,1-8H3;1H3,(H,3,4). The van der Waals surface area contributed by atoms with Gasteiger partial charge in [0.15, 0.2) is 0 Å². The van der Waals surface area contributed by atoms with Crippen molar-refractivity contribution in [2.75, 3.05) is 6.23 Å². The van der Waals surface area contributed by atoms with Crippen molar-refractivity contribution < 1.29 is 32.9 Å². The molecule has 0 heterocycles. The quantitative estimate of drug-likeness (QED) is 0.464. The highest BCUT2D eigenvalue weighted by Crippen LogP contribution is 2.41. The van der Waals surface area contributed by atoms with Crippen LogP contribution in [-0.4, -0.2) is 30.5 Å². The number of benzene rings is 2. The van der Waals surface area contributed by atoms with E-state index in [0.29, 0.717) is 17.7 Å². The Morgan fingerprint density at radius 2 is 1.29 bits per heavy atom. The van der Waals surface area contributed by atoms with Crippen LogP contribution in [0.25, 0.3) is 0 Å². The third kappa shape index (κ3) is 8.38. The monoisotopic (exact) mass is 498 g/mol. The number of rotatable bonds is 4. The third-order valence-corrected chi connectivity index (χ3v) is 8.06. The molecule has 190 valence electrons. The Kier molecular flexibility index (Phi) is 9.05. The lowest BCUT2D eigenvalue weighted by molar-refractivity contribution is -0.137. The number of alkyl halides is 3. The Morgan fingerprint density at radius 3 is 1.62 bits per heavy atom. The zero-order valence-electron chi connectivity index (χ0n) is 21.5. The van der Waals surface area contributed by atoms with Crippen molar-refractivity contribution in [2.45, 2.75) is 78.6 Å². The third-order valence-electron chi connectivity index (χ3n) is 5.29. The van der Waals surface area contributed by atoms with Crippen LogP contribution in [0.4, 0.5) is 13.2 Å². The van der Waals surface area contributed by atoms with Gasteiger partial charge in [0.05, 0.1) is 11.8 Å². The topological polar surface area (TPSA) is 66.8 Å². The summed E-state index contributed by atoms with van der Waals surface area (Å²) in [5, 5.41) is 19.2. The molecule has 2 rings (SSSR count). The smallest absolute Gasteiger partial charge is 0.416 e. The van der Waals surface area contributed by atoms with Gasteiger partial charge in [0.25, 0.3) is 5.97 Å². The Labute approximate surface area is 201 Å². The molecule has 2 aromatic rings. The minimum absolute atomic E-state index is 0.260. The van der Waals surface area contributed by atoms with Crippen molar-refractivity contribution in [3.8, 4) is 11.5 Å². The van der Waals surface area contributed by atoms with Crippen LogP contribution in [-0.2, 0) is 21.8 Å². The molecule has 0 fully saturated rings. The summed E-state index contributed by atoms with van der Waals surface area (Å²) < 4.78 is 44.7. The first-order chi connectivity index (χ1) is 15.2. The van der Waals surface area contributed by atoms with E-state index in [-0.39, 0.29) is 10.8 Å². The van der Waals surface area contributed by atoms with E-state index < -0.39 is 25.8 Å². The fourth-order valence-corrected chi connectivity index (χ4v) is 5.06. The minimum Gasteiger partial charge on any atom is -0.507 e. The molecule has 8 heteroatoms. The van der Waals surface area contributed by atoms with Crippen molar-refractivity contribution in [3.63, 3.8) is 0 Å². The number of hydrogen-bond acceptors (Lipinski definition) is 3. The maximum Gasteiger partial charge on any atom is 0.416 e. The van der Waals surface area contributed by atoms with E-state index in [1.165, 1.54) is 0 Å². The second-order valence-corrected chi connectivity index (χ2v) is 15.8. The maximum absolute atomic E-state index is 12.9. The summed E-state index contributed by atoms with van der Waals surface area (Å²) in [6, 6.07) is 9.16. The Hall–Kier alpha value is -2.48. The summed E-state index contributed by atoms with van der Waals surface area (Å²) in [5.74, 6) is 0.136. The zero-order chi connectivity index (χ0) is 26.7. The average Bonchev–Trinajstić information content (AvgIpc) is 2.64. The lowest BCUT2D eigenvalue weighted by Gasteiger charge is -2.29. The molecular formula is C26H37F3O4Si. The van der Waals surface area contributed by atoms with Crippen LogP contribution < -0.4 is 9.92 Å². The van der Waals surface area contributed by atoms with Crippen molar-refractivity contribution in [2.24, 2.45) is 0 Å². The second-order valence-electron chi connectivity index (χ2n) is 11.1. The zero-order valence-corrected chi connectivity index (χ0v) is 22.5. The first-order valence-electron chi connectivity index (χ1n) is 11.0. The number of phenolic OH excluding ortho intramolecular Hbond substituents is 1. The van der Waals surface area contributed by atoms with Crippen molar-refractivity contribution in [3.05, 3.63) is 53.1 Å². The van der Waals surface area contributed by atoms with Gasteiger partial charge in [0, 0.05) is 18.1 Å². The molecule has 0 aliphatic rings. The van der Waals surface area contributed by atoms with Gasteiger partial charge >= 0.3 is 6.18 Å². The average molecular weight is 499 g/mol. The molecule has 0 bridgehead atoms. The van der Waals surface area contributed by atoms with Crippen molar-refractivity contribution in [1.29, 1.82) is 0 Å². The number of aliphatic carboxylic acids is 1. The maximum atomic E-state index is 12.9. The van der Waals surface area contributed by atoms with E-state index in [1.54, 1.807) is 12.1 Å². The van der Waals surface area contributed by atoms with E-state index in [2.05, 4.69) is 13.1 Å². The molecule has 0 aliphatic carbocycles. The highest BCUT2D eigenvalue weighted by atomic mass is 28.3. The summed E-state index contributed by atoms with van der Waals surface area (Å²) in [6.07, 6.45) is -3.91. The number of hydrogen-bond donors (Lipinski definition) is 2. The van der Waals surface area contributed by atoms with Crippen LogP contribution in [0.3, 0.4) is 0 Å². The van der Waals surface area contributed by atoms with Gasteiger partial charge in [-0.25, -0.2) is 0 Å². The van der Waals surface area contributed by atoms with Crippen molar-refractivity contribution >= 4 is 19.2 Å². The van der Waals surface area contributed by atoms with Crippen LogP contribution >= 0.6 is 0 Å². The summed E-state index contributed by atoms with van der Waals surface area (Å²) >= 11 is 0. The molecule has 0 saturated heterocycles. The molecule has 0 atom stereocenters. The minimum atomic E-state index is -4.33. The van der Waals surface area contributed by atoms with E-state index in [1.807, 2.05) is 53.7 Å². The van der Waals surface area contributed by atoms with Crippen LogP contribution in [0.2, 0.25) is 13.1 Å². The highest BCUT2D eigenvalue weighted by Gasteiger charge is 2.32. The summed E-state index contributed by atoms with van der Waals surface area (Å²) in [5.41, 5.74) is 0.478. The second kappa shape index (κ2) is 10.4. The number of phenols is 1. The van der Waals surface area contributed by atoms with Crippen molar-refractivity contribution in [1.82, 2.24) is 0 Å². The van der Waals surface area contributed by atoms with Gasteiger partial charge < -0.3 is 14.9 Å². The van der Waals surface area contributed by atoms with Crippen LogP contribution in [0, 0.1) is 0 Å². The van der Waals surface area contributed by atoms with Gasteiger partial charge in [0.2, 0.25) is 0 Å². The fraction of sp³-hybridized carbons (Fsp3) is 0.500. The van der Waals surface area contributed by atoms with Gasteiger partial charge in [-0.15, -0.1) is 0 Å². The van der Waals surface area contributed by atoms with Gasteiger partial charge in [-0.3, -0.25) is 4.79 Å². The van der Waals surface area contributed by atoms with Gasteiger partial charge in [-0.1, -0.05) is 84.1 Å². The summed E-state index contributed by atoms with van der Waals surface area (Å²) in [6.45, 7) is 17.5. The van der Waals surface area contributed by atoms with E-state index in [9.17, 15) is 18.3 Å².